The Bertz CT molecular complexity index is 801. The number of H-pyrrole nitrogens is 1. The summed E-state index contributed by atoms with van der Waals surface area (Å²) in [7, 11) is 0. The van der Waals surface area contributed by atoms with Crippen LogP contribution in [0.2, 0.25) is 0 Å². The summed E-state index contributed by atoms with van der Waals surface area (Å²) in [4.78, 5) is 30.1. The Morgan fingerprint density at radius 2 is 2.25 bits per heavy atom. The lowest BCUT2D eigenvalue weighted by molar-refractivity contribution is -0.121. The first-order valence-electron chi connectivity index (χ1n) is 7.74. The molecular weight excluding hydrogens is 308 g/mol. The molecule has 0 atom stereocenters. The number of nitrogens with one attached hydrogen (secondary N) is 2. The lowest BCUT2D eigenvalue weighted by Crippen LogP contribution is -2.26. The van der Waals surface area contributed by atoms with Crippen LogP contribution in [0.5, 0.6) is 0 Å². The van der Waals surface area contributed by atoms with Crippen LogP contribution in [-0.2, 0) is 17.8 Å². The summed E-state index contributed by atoms with van der Waals surface area (Å²) in [6.07, 6.45) is 4.67. The molecule has 0 radical (unpaired) electrons. The summed E-state index contributed by atoms with van der Waals surface area (Å²) >= 11 is 0. The monoisotopic (exact) mass is 328 g/mol. The fraction of sp³-hybridized carbons (Fsp3) is 0.438. The third kappa shape index (κ3) is 4.29. The van der Waals surface area contributed by atoms with Gasteiger partial charge in [-0.25, -0.2) is 4.98 Å². The number of aryl methyl sites for hydroxylation is 2. The van der Waals surface area contributed by atoms with E-state index in [1.807, 2.05) is 6.07 Å². The predicted octanol–water partition coefficient (Wildman–Crippen LogP) is 0.594. The fourth-order valence-corrected chi connectivity index (χ4v) is 2.56. The van der Waals surface area contributed by atoms with E-state index < -0.39 is 0 Å². The van der Waals surface area contributed by atoms with E-state index in [0.717, 1.165) is 12.0 Å². The zero-order valence-electron chi connectivity index (χ0n) is 13.8. The van der Waals surface area contributed by atoms with Crippen molar-refractivity contribution in [3.63, 3.8) is 0 Å². The van der Waals surface area contributed by atoms with E-state index in [1.54, 1.807) is 24.9 Å². The highest BCUT2D eigenvalue weighted by Crippen LogP contribution is 2.14. The van der Waals surface area contributed by atoms with Crippen LogP contribution in [0, 0.1) is 25.2 Å². The van der Waals surface area contributed by atoms with Crippen molar-refractivity contribution in [2.75, 3.05) is 6.54 Å². The average Bonchev–Trinajstić information content (AvgIpc) is 3.04. The van der Waals surface area contributed by atoms with Crippen LogP contribution in [0.25, 0.3) is 0 Å². The van der Waals surface area contributed by atoms with Crippen molar-refractivity contribution in [2.24, 2.45) is 0 Å². The molecule has 0 aliphatic heterocycles. The Hall–Kier alpha value is -2.95. The number of rotatable bonds is 7. The van der Waals surface area contributed by atoms with Gasteiger partial charge in [-0.05, 0) is 37.8 Å². The SMILES string of the molecule is Cc1[nH]c(=O)c(C#N)c(C)c1CCC(=O)NCCCn1cncn1. The number of aromatic amines is 1. The molecule has 0 saturated heterocycles. The van der Waals surface area contributed by atoms with Gasteiger partial charge in [-0.15, -0.1) is 0 Å². The van der Waals surface area contributed by atoms with Gasteiger partial charge in [0.05, 0.1) is 0 Å². The standard InChI is InChI=1S/C16H20N6O2/c1-11-13(12(2)21-16(24)14(11)8-17)4-5-15(23)19-6-3-7-22-10-18-9-20-22/h9-10H,3-7H2,1-2H3,(H,19,23)(H,21,24). The van der Waals surface area contributed by atoms with Gasteiger partial charge >= 0.3 is 0 Å². The molecule has 0 aromatic carbocycles. The quantitative estimate of drug-likeness (QED) is 0.722. The van der Waals surface area contributed by atoms with Crippen molar-refractivity contribution < 1.29 is 4.79 Å². The minimum atomic E-state index is -0.381. The summed E-state index contributed by atoms with van der Waals surface area (Å²) in [5.41, 5.74) is 1.94. The molecule has 0 aliphatic rings. The van der Waals surface area contributed by atoms with Crippen LogP contribution < -0.4 is 10.9 Å². The van der Waals surface area contributed by atoms with Crippen molar-refractivity contribution >= 4 is 5.91 Å². The number of hydrogen-bond acceptors (Lipinski definition) is 5. The maximum Gasteiger partial charge on any atom is 0.266 e. The molecular formula is C16H20N6O2. The number of carbonyl (C=O) groups is 1. The molecule has 126 valence electrons. The largest absolute Gasteiger partial charge is 0.356 e. The fourth-order valence-electron chi connectivity index (χ4n) is 2.56. The summed E-state index contributed by atoms with van der Waals surface area (Å²) in [6, 6.07) is 1.92. The maximum atomic E-state index is 11.9. The van der Waals surface area contributed by atoms with Gasteiger partial charge in [0.1, 0.15) is 24.3 Å². The van der Waals surface area contributed by atoms with Gasteiger partial charge in [0.15, 0.2) is 0 Å². The van der Waals surface area contributed by atoms with Gasteiger partial charge in [-0.1, -0.05) is 0 Å². The van der Waals surface area contributed by atoms with Gasteiger partial charge in [0.2, 0.25) is 5.91 Å². The molecule has 0 fully saturated rings. The number of nitrogens with zero attached hydrogens (tertiary/aromatic N) is 4. The number of pyridine rings is 1. The van der Waals surface area contributed by atoms with Crippen molar-refractivity contribution in [3.8, 4) is 6.07 Å². The van der Waals surface area contributed by atoms with Crippen LogP contribution in [-0.4, -0.2) is 32.2 Å². The van der Waals surface area contributed by atoms with E-state index >= 15 is 0 Å². The van der Waals surface area contributed by atoms with Crippen LogP contribution in [0.4, 0.5) is 0 Å². The lowest BCUT2D eigenvalue weighted by atomic mass is 9.99. The summed E-state index contributed by atoms with van der Waals surface area (Å²) in [6.45, 7) is 4.78. The van der Waals surface area contributed by atoms with Crippen molar-refractivity contribution in [3.05, 3.63) is 45.4 Å². The second-order valence-electron chi connectivity index (χ2n) is 5.53. The Balaban J connectivity index is 1.83. The van der Waals surface area contributed by atoms with Gasteiger partial charge in [-0.3, -0.25) is 14.3 Å². The molecule has 8 heteroatoms. The molecule has 2 N–H and O–H groups in total. The first-order valence-corrected chi connectivity index (χ1v) is 7.74. The zero-order valence-corrected chi connectivity index (χ0v) is 13.8. The molecule has 2 rings (SSSR count). The molecule has 0 aliphatic carbocycles. The highest BCUT2D eigenvalue weighted by Gasteiger charge is 2.13. The van der Waals surface area contributed by atoms with E-state index in [-0.39, 0.29) is 17.0 Å². The Morgan fingerprint density at radius 1 is 1.46 bits per heavy atom. The van der Waals surface area contributed by atoms with E-state index in [1.165, 1.54) is 6.33 Å². The van der Waals surface area contributed by atoms with Crippen LogP contribution in [0.1, 0.15) is 35.2 Å². The highest BCUT2D eigenvalue weighted by atomic mass is 16.1. The van der Waals surface area contributed by atoms with E-state index in [2.05, 4.69) is 20.4 Å². The smallest absolute Gasteiger partial charge is 0.266 e. The summed E-state index contributed by atoms with van der Waals surface area (Å²) in [5, 5.41) is 15.9. The number of amides is 1. The molecule has 2 heterocycles. The lowest BCUT2D eigenvalue weighted by Gasteiger charge is -2.11. The van der Waals surface area contributed by atoms with Gasteiger partial charge in [0, 0.05) is 25.2 Å². The normalized spacial score (nSPS) is 10.4. The van der Waals surface area contributed by atoms with E-state index in [4.69, 9.17) is 5.26 Å². The minimum absolute atomic E-state index is 0.0582. The Labute approximate surface area is 139 Å². The highest BCUT2D eigenvalue weighted by molar-refractivity contribution is 5.76. The second-order valence-corrected chi connectivity index (χ2v) is 5.53. The molecule has 0 unspecified atom stereocenters. The molecule has 8 nitrogen and oxygen atoms in total. The topological polar surface area (TPSA) is 116 Å². The number of aromatic nitrogens is 4. The first kappa shape index (κ1) is 17.4. The van der Waals surface area contributed by atoms with Crippen LogP contribution in [0.3, 0.4) is 0 Å². The van der Waals surface area contributed by atoms with Crippen LogP contribution in [0.15, 0.2) is 17.4 Å². The zero-order chi connectivity index (χ0) is 17.5. The third-order valence-corrected chi connectivity index (χ3v) is 3.88. The van der Waals surface area contributed by atoms with Gasteiger partial charge < -0.3 is 10.3 Å². The van der Waals surface area contributed by atoms with Crippen molar-refractivity contribution in [1.82, 2.24) is 25.1 Å². The second kappa shape index (κ2) is 8.06. The van der Waals surface area contributed by atoms with E-state index in [0.29, 0.717) is 37.2 Å². The molecule has 24 heavy (non-hydrogen) atoms. The molecule has 0 saturated carbocycles. The first-order chi connectivity index (χ1) is 11.5. The third-order valence-electron chi connectivity index (χ3n) is 3.88. The van der Waals surface area contributed by atoms with Crippen LogP contribution >= 0.6 is 0 Å². The van der Waals surface area contributed by atoms with E-state index in [9.17, 15) is 9.59 Å². The number of hydrogen-bond donors (Lipinski definition) is 2. The van der Waals surface area contributed by atoms with Crippen molar-refractivity contribution in [1.29, 1.82) is 5.26 Å². The van der Waals surface area contributed by atoms with Crippen molar-refractivity contribution in [2.45, 2.75) is 39.7 Å². The molecule has 2 aromatic heterocycles. The Kier molecular flexibility index (Phi) is 5.84. The van der Waals surface area contributed by atoms with Gasteiger partial charge in [-0.2, -0.15) is 10.4 Å². The summed E-state index contributed by atoms with van der Waals surface area (Å²) in [5.74, 6) is -0.0582. The molecule has 1 amide bonds. The summed E-state index contributed by atoms with van der Waals surface area (Å²) < 4.78 is 1.71. The predicted molar refractivity (Wildman–Crippen MR) is 87.2 cm³/mol. The van der Waals surface area contributed by atoms with Gasteiger partial charge in [0.25, 0.3) is 5.56 Å². The number of carbonyl (C=O) groups excluding carboxylic acids is 1. The Morgan fingerprint density at radius 3 is 2.92 bits per heavy atom. The number of nitriles is 1. The minimum Gasteiger partial charge on any atom is -0.356 e. The molecule has 0 bridgehead atoms. The molecule has 2 aromatic rings. The average molecular weight is 328 g/mol. The molecule has 0 spiro atoms. The maximum absolute atomic E-state index is 11.9.